The smallest absolute Gasteiger partial charge is 0.306 e. The first-order valence-electron chi connectivity index (χ1n) is 20.2. The molecule has 0 spiro atoms. The third kappa shape index (κ3) is 35.5. The topological polar surface area (TPSA) is 72.8 Å². The van der Waals surface area contributed by atoms with E-state index in [4.69, 9.17) is 9.47 Å². The van der Waals surface area contributed by atoms with Gasteiger partial charge < -0.3 is 14.6 Å². The van der Waals surface area contributed by atoms with Crippen molar-refractivity contribution >= 4 is 11.9 Å². The molecule has 5 nitrogen and oxygen atoms in total. The average Bonchev–Trinajstić information content (AvgIpc) is 3.06. The molecule has 0 bridgehead atoms. The minimum atomic E-state index is -0.768. The second-order valence-corrected chi connectivity index (χ2v) is 13.7. The molecule has 0 rings (SSSR count). The maximum absolute atomic E-state index is 12.1. The average molecular weight is 651 g/mol. The lowest BCUT2D eigenvalue weighted by atomic mass is 10.0. The predicted octanol–water partition coefficient (Wildman–Crippen LogP) is 12.5. The second-order valence-electron chi connectivity index (χ2n) is 13.7. The summed E-state index contributed by atoms with van der Waals surface area (Å²) in [6.07, 6.45) is 42.8. The van der Waals surface area contributed by atoms with Gasteiger partial charge in [0.25, 0.3) is 0 Å². The fourth-order valence-corrected chi connectivity index (χ4v) is 5.95. The fraction of sp³-hybridized carbons (Fsp3) is 0.902. The zero-order valence-corrected chi connectivity index (χ0v) is 30.9. The largest absolute Gasteiger partial charge is 0.462 e. The Kier molecular flexibility index (Phi) is 37.0. The highest BCUT2D eigenvalue weighted by atomic mass is 16.6. The van der Waals surface area contributed by atoms with Crippen molar-refractivity contribution in [2.45, 2.75) is 225 Å². The molecule has 1 atom stereocenters. The first-order chi connectivity index (χ1) is 22.6. The Labute approximate surface area is 286 Å². The summed E-state index contributed by atoms with van der Waals surface area (Å²) in [6, 6.07) is 0. The molecule has 272 valence electrons. The number of rotatable bonds is 37. The van der Waals surface area contributed by atoms with Crippen LogP contribution in [0.5, 0.6) is 0 Å². The van der Waals surface area contributed by atoms with Crippen LogP contribution in [0.4, 0.5) is 0 Å². The number of aliphatic hydroxyl groups excluding tert-OH is 1. The highest BCUT2D eigenvalue weighted by Crippen LogP contribution is 2.16. The van der Waals surface area contributed by atoms with E-state index >= 15 is 0 Å². The number of esters is 2. The van der Waals surface area contributed by atoms with E-state index < -0.39 is 6.10 Å². The number of carbonyl (C=O) groups excluding carboxylic acids is 2. The number of unbranched alkanes of at least 4 members (excludes halogenated alkanes) is 27. The summed E-state index contributed by atoms with van der Waals surface area (Å²) in [7, 11) is 0. The molecule has 5 heteroatoms. The Morgan fingerprint density at radius 2 is 0.826 bits per heavy atom. The number of allylic oxidation sites excluding steroid dienone is 2. The minimum absolute atomic E-state index is 0.0634. The summed E-state index contributed by atoms with van der Waals surface area (Å²) in [5, 5.41) is 9.53. The number of hydrogen-bond donors (Lipinski definition) is 1. The molecule has 0 saturated heterocycles. The van der Waals surface area contributed by atoms with Crippen LogP contribution < -0.4 is 0 Å². The van der Waals surface area contributed by atoms with Crippen molar-refractivity contribution in [1.82, 2.24) is 0 Å². The summed E-state index contributed by atoms with van der Waals surface area (Å²) in [6.45, 7) is 4.11. The van der Waals surface area contributed by atoms with E-state index in [1.807, 2.05) is 0 Å². The summed E-state index contributed by atoms with van der Waals surface area (Å²) in [5.74, 6) is -0.592. The van der Waals surface area contributed by atoms with Gasteiger partial charge in [-0.3, -0.25) is 9.59 Å². The van der Waals surface area contributed by atoms with Gasteiger partial charge in [0.15, 0.2) is 6.10 Å². The predicted molar refractivity (Wildman–Crippen MR) is 196 cm³/mol. The molecule has 0 saturated carbocycles. The van der Waals surface area contributed by atoms with Gasteiger partial charge in [0.1, 0.15) is 6.61 Å². The van der Waals surface area contributed by atoms with E-state index in [1.165, 1.54) is 154 Å². The van der Waals surface area contributed by atoms with Gasteiger partial charge in [-0.25, -0.2) is 0 Å². The van der Waals surface area contributed by atoms with Crippen LogP contribution >= 0.6 is 0 Å². The monoisotopic (exact) mass is 651 g/mol. The van der Waals surface area contributed by atoms with Gasteiger partial charge in [-0.15, -0.1) is 0 Å². The van der Waals surface area contributed by atoms with Crippen molar-refractivity contribution in [2.75, 3.05) is 13.2 Å². The van der Waals surface area contributed by atoms with Crippen LogP contribution in [0.3, 0.4) is 0 Å². The quantitative estimate of drug-likeness (QED) is 0.0411. The lowest BCUT2D eigenvalue weighted by molar-refractivity contribution is -0.161. The zero-order valence-electron chi connectivity index (χ0n) is 30.9. The van der Waals surface area contributed by atoms with Gasteiger partial charge in [0, 0.05) is 12.8 Å². The van der Waals surface area contributed by atoms with Gasteiger partial charge in [-0.05, 0) is 32.1 Å². The zero-order chi connectivity index (χ0) is 33.6. The normalized spacial score (nSPS) is 12.2. The maximum atomic E-state index is 12.1. The van der Waals surface area contributed by atoms with Crippen LogP contribution in [-0.2, 0) is 19.1 Å². The number of hydrogen-bond acceptors (Lipinski definition) is 5. The van der Waals surface area contributed by atoms with Crippen molar-refractivity contribution in [3.63, 3.8) is 0 Å². The van der Waals surface area contributed by atoms with Crippen molar-refractivity contribution in [2.24, 2.45) is 0 Å². The Balaban J connectivity index is 3.46. The standard InChI is InChI=1S/C41H78O5/c1-3-5-7-9-11-13-15-16-17-18-19-20-21-22-23-24-26-27-29-31-33-35-40(43)45-38-39(37-42)46-41(44)36-34-32-30-28-25-14-12-10-8-6-4-2/h10,12,39,42H,3-9,11,13-38H2,1-2H3/b12-10+/t39-/m0/s1. The highest BCUT2D eigenvalue weighted by molar-refractivity contribution is 5.70. The Morgan fingerprint density at radius 3 is 1.24 bits per heavy atom. The maximum Gasteiger partial charge on any atom is 0.306 e. The Hall–Kier alpha value is -1.36. The molecule has 0 amide bonds. The van der Waals surface area contributed by atoms with Crippen LogP contribution in [0, 0.1) is 0 Å². The van der Waals surface area contributed by atoms with Gasteiger partial charge >= 0.3 is 11.9 Å². The van der Waals surface area contributed by atoms with Gasteiger partial charge in [-0.1, -0.05) is 187 Å². The van der Waals surface area contributed by atoms with Crippen LogP contribution in [0.1, 0.15) is 219 Å². The molecule has 46 heavy (non-hydrogen) atoms. The first kappa shape index (κ1) is 44.6. The lowest BCUT2D eigenvalue weighted by Crippen LogP contribution is -2.28. The summed E-state index contributed by atoms with van der Waals surface area (Å²) in [5.41, 5.74) is 0. The van der Waals surface area contributed by atoms with E-state index in [1.54, 1.807) is 0 Å². The number of carbonyl (C=O) groups is 2. The molecule has 0 aliphatic carbocycles. The third-order valence-corrected chi connectivity index (χ3v) is 9.06. The van der Waals surface area contributed by atoms with Gasteiger partial charge in [0.05, 0.1) is 6.61 Å². The van der Waals surface area contributed by atoms with Gasteiger partial charge in [-0.2, -0.15) is 0 Å². The second kappa shape index (κ2) is 38.1. The van der Waals surface area contributed by atoms with E-state index in [-0.39, 0.29) is 25.2 Å². The number of aliphatic hydroxyl groups is 1. The third-order valence-electron chi connectivity index (χ3n) is 9.06. The molecule has 0 fully saturated rings. The molecule has 1 N–H and O–H groups in total. The van der Waals surface area contributed by atoms with Crippen molar-refractivity contribution in [3.05, 3.63) is 12.2 Å². The molecule has 0 aromatic carbocycles. The van der Waals surface area contributed by atoms with E-state index in [2.05, 4.69) is 26.0 Å². The van der Waals surface area contributed by atoms with E-state index in [9.17, 15) is 14.7 Å². The molecule has 0 aromatic heterocycles. The molecule has 0 aliphatic heterocycles. The first-order valence-corrected chi connectivity index (χ1v) is 20.2. The van der Waals surface area contributed by atoms with Crippen molar-refractivity contribution in [1.29, 1.82) is 0 Å². The van der Waals surface area contributed by atoms with Crippen molar-refractivity contribution in [3.8, 4) is 0 Å². The van der Waals surface area contributed by atoms with Crippen LogP contribution in [-0.4, -0.2) is 36.4 Å². The van der Waals surface area contributed by atoms with E-state index in [0.29, 0.717) is 12.8 Å². The van der Waals surface area contributed by atoms with Gasteiger partial charge in [0.2, 0.25) is 0 Å². The Morgan fingerprint density at radius 1 is 0.478 bits per heavy atom. The molecule has 0 unspecified atom stereocenters. The molecule has 0 aromatic rings. The molecule has 0 heterocycles. The Bertz CT molecular complexity index is 661. The molecule has 0 aliphatic rings. The molecule has 0 radical (unpaired) electrons. The highest BCUT2D eigenvalue weighted by Gasteiger charge is 2.16. The summed E-state index contributed by atoms with van der Waals surface area (Å²) >= 11 is 0. The van der Waals surface area contributed by atoms with Crippen LogP contribution in [0.15, 0.2) is 12.2 Å². The van der Waals surface area contributed by atoms with Crippen LogP contribution in [0.25, 0.3) is 0 Å². The fourth-order valence-electron chi connectivity index (χ4n) is 5.95. The lowest BCUT2D eigenvalue weighted by Gasteiger charge is -2.15. The van der Waals surface area contributed by atoms with E-state index in [0.717, 1.165) is 38.5 Å². The van der Waals surface area contributed by atoms with Crippen molar-refractivity contribution < 1.29 is 24.2 Å². The number of ether oxygens (including phenoxy) is 2. The SMILES string of the molecule is CCCC/C=C/CCCCCCCC(=O)O[C@@H](CO)COC(=O)CCCCCCCCCCCCCCCCCCCCCCC. The summed E-state index contributed by atoms with van der Waals surface area (Å²) < 4.78 is 10.6. The minimum Gasteiger partial charge on any atom is -0.462 e. The van der Waals surface area contributed by atoms with Crippen LogP contribution in [0.2, 0.25) is 0 Å². The molecular weight excluding hydrogens is 572 g/mol. The summed E-state index contributed by atoms with van der Waals surface area (Å²) in [4.78, 5) is 24.2. The molecular formula is C41H78O5.